The number of sulfonamides is 1. The fraction of sp³-hybridized carbons (Fsp3) is 0.522. The van der Waals surface area contributed by atoms with Crippen molar-refractivity contribution in [3.8, 4) is 0 Å². The molecule has 2 aromatic rings. The normalized spacial score (nSPS) is 20.5. The predicted molar refractivity (Wildman–Crippen MR) is 122 cm³/mol. The van der Waals surface area contributed by atoms with Gasteiger partial charge in [-0.15, -0.1) is 0 Å². The lowest BCUT2D eigenvalue weighted by atomic mass is 10.1. The van der Waals surface area contributed by atoms with Gasteiger partial charge in [-0.3, -0.25) is 4.79 Å². The van der Waals surface area contributed by atoms with Crippen LogP contribution in [0.15, 0.2) is 35.2 Å². The zero-order valence-electron chi connectivity index (χ0n) is 18.8. The van der Waals surface area contributed by atoms with E-state index in [0.717, 1.165) is 31.6 Å². The molecule has 2 aliphatic rings. The molecular formula is C23H32N4O3S. The average molecular weight is 445 g/mol. The molecule has 0 bridgehead atoms. The highest BCUT2D eigenvalue weighted by Crippen LogP contribution is 2.28. The van der Waals surface area contributed by atoms with Crippen LogP contribution in [0.3, 0.4) is 0 Å². The molecule has 8 heteroatoms. The maximum atomic E-state index is 13.5. The number of rotatable bonds is 4. The average Bonchev–Trinajstić information content (AvgIpc) is 3.37. The maximum absolute atomic E-state index is 13.5. The number of hydrogen-bond acceptors (Lipinski definition) is 4. The Kier molecular flexibility index (Phi) is 5.87. The molecule has 0 spiro atoms. The summed E-state index contributed by atoms with van der Waals surface area (Å²) in [6.07, 6.45) is 2.01. The Morgan fingerprint density at radius 1 is 1.03 bits per heavy atom. The van der Waals surface area contributed by atoms with E-state index in [0.29, 0.717) is 31.0 Å². The second-order valence-corrected chi connectivity index (χ2v) is 10.7. The highest BCUT2D eigenvalue weighted by Gasteiger charge is 2.35. The van der Waals surface area contributed by atoms with Crippen molar-refractivity contribution in [2.75, 3.05) is 37.6 Å². The number of nitrogens with zero attached hydrogens (tertiary/aromatic N) is 4. The molecule has 1 unspecified atom stereocenters. The monoisotopic (exact) mass is 444 g/mol. The zero-order valence-corrected chi connectivity index (χ0v) is 19.7. The van der Waals surface area contributed by atoms with Gasteiger partial charge in [0.2, 0.25) is 10.0 Å². The minimum Gasteiger partial charge on any atom is -0.366 e. The molecule has 7 nitrogen and oxygen atoms in total. The van der Waals surface area contributed by atoms with Gasteiger partial charge in [-0.1, -0.05) is 12.1 Å². The fourth-order valence-electron chi connectivity index (χ4n) is 4.69. The Hall–Kier alpha value is -2.32. The lowest BCUT2D eigenvalue weighted by molar-refractivity contribution is 0.0783. The van der Waals surface area contributed by atoms with Crippen molar-refractivity contribution >= 4 is 21.6 Å². The summed E-state index contributed by atoms with van der Waals surface area (Å²) >= 11 is 0. The molecule has 0 N–H and O–H groups in total. The lowest BCUT2D eigenvalue weighted by Crippen LogP contribution is -2.53. The van der Waals surface area contributed by atoms with Crippen LogP contribution in [0.4, 0.5) is 5.69 Å². The van der Waals surface area contributed by atoms with Crippen LogP contribution in [0.2, 0.25) is 0 Å². The number of carbonyl (C=O) groups is 1. The summed E-state index contributed by atoms with van der Waals surface area (Å²) < 4.78 is 30.3. The number of likely N-dealkylation sites (tertiary alicyclic amines) is 1. The van der Waals surface area contributed by atoms with E-state index >= 15 is 0 Å². The SMILES string of the molecule is Cc1cccc(N2CCN(S(=O)(=O)c3cc(C(=O)N4CCCC4)n(C)c3C)CC2C)c1. The van der Waals surface area contributed by atoms with Crippen molar-refractivity contribution in [1.29, 1.82) is 0 Å². The van der Waals surface area contributed by atoms with Crippen LogP contribution in [0.25, 0.3) is 0 Å². The topological polar surface area (TPSA) is 65.9 Å². The highest BCUT2D eigenvalue weighted by molar-refractivity contribution is 7.89. The summed E-state index contributed by atoms with van der Waals surface area (Å²) in [5, 5.41) is 0. The third-order valence-electron chi connectivity index (χ3n) is 6.64. The second-order valence-electron chi connectivity index (χ2n) is 8.78. The minimum absolute atomic E-state index is 0.0556. The number of aryl methyl sites for hydroxylation is 1. The van der Waals surface area contributed by atoms with Crippen molar-refractivity contribution < 1.29 is 13.2 Å². The molecule has 2 saturated heterocycles. The number of hydrogen-bond donors (Lipinski definition) is 0. The summed E-state index contributed by atoms with van der Waals surface area (Å²) in [5.41, 5.74) is 3.37. The van der Waals surface area contributed by atoms with Crippen LogP contribution in [-0.2, 0) is 17.1 Å². The molecule has 2 aliphatic heterocycles. The van der Waals surface area contributed by atoms with Crippen LogP contribution in [0.5, 0.6) is 0 Å². The van der Waals surface area contributed by atoms with E-state index in [-0.39, 0.29) is 16.8 Å². The first-order chi connectivity index (χ1) is 14.7. The number of anilines is 1. The molecule has 31 heavy (non-hydrogen) atoms. The molecule has 1 amide bonds. The number of aromatic nitrogens is 1. The molecule has 0 aliphatic carbocycles. The van der Waals surface area contributed by atoms with Gasteiger partial charge in [0.15, 0.2) is 0 Å². The first kappa shape index (κ1) is 21.9. The maximum Gasteiger partial charge on any atom is 0.270 e. The van der Waals surface area contributed by atoms with E-state index in [9.17, 15) is 13.2 Å². The van der Waals surface area contributed by atoms with Gasteiger partial charge in [-0.2, -0.15) is 4.31 Å². The van der Waals surface area contributed by atoms with Gasteiger partial charge < -0.3 is 14.4 Å². The Morgan fingerprint density at radius 3 is 2.39 bits per heavy atom. The summed E-state index contributed by atoms with van der Waals surface area (Å²) in [5.74, 6) is -0.0813. The van der Waals surface area contributed by atoms with Gasteiger partial charge in [0.1, 0.15) is 10.6 Å². The Labute approximate surface area is 185 Å². The van der Waals surface area contributed by atoms with Crippen LogP contribution in [0.1, 0.15) is 41.5 Å². The number of benzene rings is 1. The van der Waals surface area contributed by atoms with Gasteiger partial charge in [0.05, 0.1) is 0 Å². The van der Waals surface area contributed by atoms with Gasteiger partial charge in [-0.05, 0) is 57.4 Å². The number of carbonyl (C=O) groups excluding carboxylic acids is 1. The molecule has 4 rings (SSSR count). The van der Waals surface area contributed by atoms with Gasteiger partial charge in [0, 0.05) is 57.2 Å². The van der Waals surface area contributed by atoms with E-state index in [1.807, 2.05) is 11.0 Å². The fourth-order valence-corrected chi connectivity index (χ4v) is 6.47. The Balaban J connectivity index is 1.56. The summed E-state index contributed by atoms with van der Waals surface area (Å²) in [6.45, 7) is 8.85. The van der Waals surface area contributed by atoms with Crippen LogP contribution < -0.4 is 4.90 Å². The van der Waals surface area contributed by atoms with Crippen molar-refractivity contribution in [2.45, 2.75) is 44.6 Å². The predicted octanol–water partition coefficient (Wildman–Crippen LogP) is 2.78. The van der Waals surface area contributed by atoms with Crippen molar-refractivity contribution in [3.05, 3.63) is 47.3 Å². The van der Waals surface area contributed by atoms with E-state index in [1.54, 1.807) is 28.9 Å². The third kappa shape index (κ3) is 3.99. The van der Waals surface area contributed by atoms with Crippen molar-refractivity contribution in [3.63, 3.8) is 0 Å². The summed E-state index contributed by atoms with van der Waals surface area (Å²) in [7, 11) is -1.91. The van der Waals surface area contributed by atoms with Crippen molar-refractivity contribution in [2.24, 2.45) is 7.05 Å². The smallest absolute Gasteiger partial charge is 0.270 e. The van der Waals surface area contributed by atoms with Crippen LogP contribution in [0, 0.1) is 13.8 Å². The quantitative estimate of drug-likeness (QED) is 0.727. The molecule has 2 fully saturated rings. The van der Waals surface area contributed by atoms with Crippen LogP contribution in [-0.4, -0.2) is 66.9 Å². The van der Waals surface area contributed by atoms with Crippen molar-refractivity contribution in [1.82, 2.24) is 13.8 Å². The first-order valence-corrected chi connectivity index (χ1v) is 12.4. The molecule has 0 saturated carbocycles. The minimum atomic E-state index is -3.68. The van der Waals surface area contributed by atoms with E-state index in [2.05, 4.69) is 36.9 Å². The third-order valence-corrected chi connectivity index (χ3v) is 8.62. The zero-order chi connectivity index (χ0) is 22.3. The summed E-state index contributed by atoms with van der Waals surface area (Å²) in [4.78, 5) is 17.2. The van der Waals surface area contributed by atoms with E-state index in [1.165, 1.54) is 5.56 Å². The molecule has 1 aromatic carbocycles. The van der Waals surface area contributed by atoms with Gasteiger partial charge >= 0.3 is 0 Å². The van der Waals surface area contributed by atoms with E-state index in [4.69, 9.17) is 0 Å². The number of piperazine rings is 1. The molecule has 3 heterocycles. The van der Waals surface area contributed by atoms with Gasteiger partial charge in [-0.25, -0.2) is 8.42 Å². The highest BCUT2D eigenvalue weighted by atomic mass is 32.2. The Morgan fingerprint density at radius 2 is 1.74 bits per heavy atom. The van der Waals surface area contributed by atoms with Crippen LogP contribution >= 0.6 is 0 Å². The standard InChI is InChI=1S/C23H32N4O3S/c1-17-8-7-9-20(14-17)27-13-12-26(16-18(27)2)31(29,30)22-15-21(24(4)19(22)3)23(28)25-10-5-6-11-25/h7-9,14-15,18H,5-6,10-13,16H2,1-4H3. The first-order valence-electron chi connectivity index (χ1n) is 11.0. The molecule has 0 radical (unpaired) electrons. The summed E-state index contributed by atoms with van der Waals surface area (Å²) in [6, 6.07) is 9.94. The second kappa shape index (κ2) is 8.31. The lowest BCUT2D eigenvalue weighted by Gasteiger charge is -2.40. The van der Waals surface area contributed by atoms with E-state index < -0.39 is 10.0 Å². The Bertz CT molecular complexity index is 1090. The molecule has 1 aromatic heterocycles. The molecule has 168 valence electrons. The largest absolute Gasteiger partial charge is 0.366 e. The molecular weight excluding hydrogens is 412 g/mol. The molecule has 1 atom stereocenters. The van der Waals surface area contributed by atoms with Gasteiger partial charge in [0.25, 0.3) is 5.91 Å². The number of amides is 1.